The number of aromatic nitrogens is 3. The number of carbonyl (C=O) groups excluding carboxylic acids is 1. The summed E-state index contributed by atoms with van der Waals surface area (Å²) in [5.41, 5.74) is 0. The summed E-state index contributed by atoms with van der Waals surface area (Å²) < 4.78 is 5.63. The van der Waals surface area contributed by atoms with Crippen molar-refractivity contribution in [2.75, 3.05) is 13.2 Å². The summed E-state index contributed by atoms with van der Waals surface area (Å²) in [7, 11) is 0. The Morgan fingerprint density at radius 3 is 3.00 bits per heavy atom. The van der Waals surface area contributed by atoms with Gasteiger partial charge in [0.15, 0.2) is 5.82 Å². The zero-order valence-electron chi connectivity index (χ0n) is 13.7. The van der Waals surface area contributed by atoms with Crippen LogP contribution in [-0.2, 0) is 4.79 Å². The predicted octanol–water partition coefficient (Wildman–Crippen LogP) is 3.29. The first kappa shape index (κ1) is 16.8. The largest absolute Gasteiger partial charge is 0.491 e. The number of halogens is 1. The van der Waals surface area contributed by atoms with E-state index in [1.807, 2.05) is 24.0 Å². The van der Waals surface area contributed by atoms with Crippen LogP contribution in [0.1, 0.15) is 43.4 Å². The second kappa shape index (κ2) is 7.66. The van der Waals surface area contributed by atoms with Gasteiger partial charge in [0.05, 0.1) is 24.1 Å². The molecule has 24 heavy (non-hydrogen) atoms. The summed E-state index contributed by atoms with van der Waals surface area (Å²) in [6.45, 7) is 2.91. The monoisotopic (exact) mass is 348 g/mol. The van der Waals surface area contributed by atoms with Gasteiger partial charge in [-0.15, -0.1) is 0 Å². The smallest absolute Gasteiger partial charge is 0.226 e. The minimum absolute atomic E-state index is 0.0449. The minimum Gasteiger partial charge on any atom is -0.491 e. The van der Waals surface area contributed by atoms with Crippen LogP contribution >= 0.6 is 11.6 Å². The van der Waals surface area contributed by atoms with Crippen LogP contribution in [-0.4, -0.2) is 39.1 Å². The Morgan fingerprint density at radius 2 is 2.25 bits per heavy atom. The van der Waals surface area contributed by atoms with Crippen LogP contribution in [0.15, 0.2) is 24.3 Å². The fraction of sp³-hybridized carbons (Fsp3) is 0.471. The van der Waals surface area contributed by atoms with Gasteiger partial charge in [0.25, 0.3) is 0 Å². The Bertz CT molecular complexity index is 703. The van der Waals surface area contributed by atoms with Crippen molar-refractivity contribution in [2.24, 2.45) is 0 Å². The van der Waals surface area contributed by atoms with E-state index >= 15 is 0 Å². The number of nitrogens with zero attached hydrogens (tertiary/aromatic N) is 3. The average Bonchev–Trinajstić information content (AvgIpc) is 3.03. The van der Waals surface area contributed by atoms with Gasteiger partial charge in [-0.05, 0) is 38.3 Å². The van der Waals surface area contributed by atoms with Gasteiger partial charge in [0.2, 0.25) is 5.91 Å². The van der Waals surface area contributed by atoms with E-state index in [-0.39, 0.29) is 11.9 Å². The molecule has 1 saturated heterocycles. The van der Waals surface area contributed by atoms with E-state index in [4.69, 9.17) is 16.3 Å². The number of hydrogen-bond acceptors (Lipinski definition) is 4. The average molecular weight is 349 g/mol. The lowest BCUT2D eigenvalue weighted by atomic mass is 10.0. The van der Waals surface area contributed by atoms with E-state index in [9.17, 15) is 4.79 Å². The summed E-state index contributed by atoms with van der Waals surface area (Å²) in [4.78, 5) is 18.9. The zero-order valence-corrected chi connectivity index (χ0v) is 14.4. The fourth-order valence-electron chi connectivity index (χ4n) is 2.96. The number of amides is 1. The SMILES string of the molecule is Cc1nc([C@H]2CCCCN2C(=O)CCOc2ccccc2Cl)n[nH]1. The van der Waals surface area contributed by atoms with E-state index in [0.29, 0.717) is 29.6 Å². The number of aryl methyl sites for hydroxylation is 1. The number of H-pyrrole nitrogens is 1. The maximum atomic E-state index is 12.6. The molecule has 0 saturated carbocycles. The first-order chi connectivity index (χ1) is 11.6. The van der Waals surface area contributed by atoms with Crippen LogP contribution in [0.3, 0.4) is 0 Å². The van der Waals surface area contributed by atoms with Crippen LogP contribution in [0.4, 0.5) is 0 Å². The molecule has 0 bridgehead atoms. The predicted molar refractivity (Wildman–Crippen MR) is 91.0 cm³/mol. The molecule has 128 valence electrons. The van der Waals surface area contributed by atoms with E-state index in [2.05, 4.69) is 15.2 Å². The quantitative estimate of drug-likeness (QED) is 0.900. The Morgan fingerprint density at radius 1 is 1.42 bits per heavy atom. The normalized spacial score (nSPS) is 17.8. The van der Waals surface area contributed by atoms with Crippen molar-refractivity contribution in [2.45, 2.75) is 38.6 Å². The van der Waals surface area contributed by atoms with Crippen LogP contribution in [0.25, 0.3) is 0 Å². The molecule has 1 N–H and O–H groups in total. The van der Waals surface area contributed by atoms with Gasteiger partial charge in [0.1, 0.15) is 11.6 Å². The van der Waals surface area contributed by atoms with Gasteiger partial charge in [-0.1, -0.05) is 23.7 Å². The molecule has 0 unspecified atom stereocenters. The number of carbonyl (C=O) groups is 1. The first-order valence-corrected chi connectivity index (χ1v) is 8.58. The molecule has 1 aliphatic rings. The summed E-state index contributed by atoms with van der Waals surface area (Å²) in [5.74, 6) is 2.14. The third-order valence-electron chi connectivity index (χ3n) is 4.15. The van der Waals surface area contributed by atoms with Crippen molar-refractivity contribution in [3.63, 3.8) is 0 Å². The summed E-state index contributed by atoms with van der Waals surface area (Å²) in [6.07, 6.45) is 3.30. The molecule has 0 aliphatic carbocycles. The molecule has 3 rings (SSSR count). The minimum atomic E-state index is -0.0449. The van der Waals surface area contributed by atoms with Crippen molar-refractivity contribution < 1.29 is 9.53 Å². The molecule has 1 aromatic carbocycles. The van der Waals surface area contributed by atoms with Gasteiger partial charge in [-0.2, -0.15) is 5.10 Å². The number of likely N-dealkylation sites (tertiary alicyclic amines) is 1. The molecule has 1 aliphatic heterocycles. The van der Waals surface area contributed by atoms with Crippen molar-refractivity contribution >= 4 is 17.5 Å². The Hall–Kier alpha value is -2.08. The molecule has 0 radical (unpaired) electrons. The number of nitrogens with one attached hydrogen (secondary N) is 1. The molecule has 2 aromatic rings. The third kappa shape index (κ3) is 3.87. The second-order valence-electron chi connectivity index (χ2n) is 5.91. The topological polar surface area (TPSA) is 71.1 Å². The molecule has 6 nitrogen and oxygen atoms in total. The number of piperidine rings is 1. The number of para-hydroxylation sites is 1. The molecular weight excluding hydrogens is 328 g/mol. The first-order valence-electron chi connectivity index (χ1n) is 8.21. The maximum Gasteiger partial charge on any atom is 0.226 e. The van der Waals surface area contributed by atoms with Crippen molar-refractivity contribution in [3.05, 3.63) is 40.9 Å². The van der Waals surface area contributed by atoms with Crippen molar-refractivity contribution in [1.29, 1.82) is 0 Å². The highest BCUT2D eigenvalue weighted by molar-refractivity contribution is 6.32. The highest BCUT2D eigenvalue weighted by Gasteiger charge is 2.30. The third-order valence-corrected chi connectivity index (χ3v) is 4.46. The van der Waals surface area contributed by atoms with Gasteiger partial charge in [0, 0.05) is 6.54 Å². The number of ether oxygens (including phenoxy) is 1. The molecule has 0 spiro atoms. The Kier molecular flexibility index (Phi) is 5.35. The Balaban J connectivity index is 1.59. The number of benzene rings is 1. The van der Waals surface area contributed by atoms with Gasteiger partial charge >= 0.3 is 0 Å². The molecule has 2 heterocycles. The maximum absolute atomic E-state index is 12.6. The lowest BCUT2D eigenvalue weighted by Crippen LogP contribution is -2.39. The molecule has 1 atom stereocenters. The zero-order chi connectivity index (χ0) is 16.9. The summed E-state index contributed by atoms with van der Waals surface area (Å²) >= 11 is 6.05. The van der Waals surface area contributed by atoms with Crippen LogP contribution in [0.2, 0.25) is 5.02 Å². The second-order valence-corrected chi connectivity index (χ2v) is 6.31. The standard InChI is InChI=1S/C17H21ClN4O2/c1-12-19-17(21-20-12)14-7-4-5-10-22(14)16(23)9-11-24-15-8-3-2-6-13(15)18/h2-3,6,8,14H,4-5,7,9-11H2,1H3,(H,19,20,21)/t14-/m1/s1. The lowest BCUT2D eigenvalue weighted by Gasteiger charge is -2.34. The lowest BCUT2D eigenvalue weighted by molar-refractivity contribution is -0.135. The van der Waals surface area contributed by atoms with E-state index in [0.717, 1.165) is 31.6 Å². The van der Waals surface area contributed by atoms with Crippen LogP contribution < -0.4 is 4.74 Å². The molecule has 7 heteroatoms. The molecule has 1 aromatic heterocycles. The fourth-order valence-corrected chi connectivity index (χ4v) is 3.15. The van der Waals surface area contributed by atoms with Crippen molar-refractivity contribution in [1.82, 2.24) is 20.1 Å². The van der Waals surface area contributed by atoms with Gasteiger partial charge in [-0.3, -0.25) is 9.89 Å². The van der Waals surface area contributed by atoms with Gasteiger partial charge in [-0.25, -0.2) is 4.98 Å². The van der Waals surface area contributed by atoms with Crippen LogP contribution in [0, 0.1) is 6.92 Å². The number of hydrogen-bond donors (Lipinski definition) is 1. The highest BCUT2D eigenvalue weighted by atomic mass is 35.5. The van der Waals surface area contributed by atoms with Gasteiger partial charge < -0.3 is 9.64 Å². The van der Waals surface area contributed by atoms with E-state index < -0.39 is 0 Å². The van der Waals surface area contributed by atoms with E-state index in [1.165, 1.54) is 0 Å². The number of aromatic amines is 1. The van der Waals surface area contributed by atoms with Crippen molar-refractivity contribution in [3.8, 4) is 5.75 Å². The molecular formula is C17H21ClN4O2. The van der Waals surface area contributed by atoms with E-state index in [1.54, 1.807) is 12.1 Å². The Labute approximate surface area is 146 Å². The summed E-state index contributed by atoms with van der Waals surface area (Å²) in [6, 6.07) is 7.22. The number of rotatable bonds is 5. The summed E-state index contributed by atoms with van der Waals surface area (Å²) in [5, 5.41) is 7.64. The molecule has 1 fully saturated rings. The highest BCUT2D eigenvalue weighted by Crippen LogP contribution is 2.29. The molecule has 1 amide bonds. The van der Waals surface area contributed by atoms with Crippen LogP contribution in [0.5, 0.6) is 5.75 Å².